The molecule has 1 saturated heterocycles. The van der Waals surface area contributed by atoms with Gasteiger partial charge in [-0.1, -0.05) is 41.4 Å². The van der Waals surface area contributed by atoms with E-state index in [0.29, 0.717) is 55.1 Å². The molecule has 1 fully saturated rings. The molecule has 1 amide bonds. The van der Waals surface area contributed by atoms with Gasteiger partial charge in [-0.3, -0.25) is 4.79 Å². The summed E-state index contributed by atoms with van der Waals surface area (Å²) in [5.41, 5.74) is 2.17. The first-order valence-corrected chi connectivity index (χ1v) is 9.74. The number of piperazine rings is 1. The number of pyridine rings is 1. The Morgan fingerprint density at radius 2 is 1.81 bits per heavy atom. The van der Waals surface area contributed by atoms with E-state index in [0.717, 1.165) is 16.9 Å². The van der Waals surface area contributed by atoms with Crippen molar-refractivity contribution in [1.29, 1.82) is 0 Å². The predicted molar refractivity (Wildman–Crippen MR) is 109 cm³/mol. The van der Waals surface area contributed by atoms with Crippen LogP contribution in [0.2, 0.25) is 10.0 Å². The number of benzene rings is 1. The third-order valence-electron chi connectivity index (χ3n) is 4.69. The van der Waals surface area contributed by atoms with Crippen LogP contribution in [-0.4, -0.2) is 48.6 Å². The van der Waals surface area contributed by atoms with Crippen LogP contribution in [0.3, 0.4) is 0 Å². The van der Waals surface area contributed by atoms with E-state index in [1.165, 1.54) is 0 Å². The molecule has 7 heteroatoms. The number of para-hydroxylation sites is 1. The van der Waals surface area contributed by atoms with E-state index >= 15 is 0 Å². The zero-order valence-corrected chi connectivity index (χ0v) is 17.1. The molecule has 1 aliphatic heterocycles. The first kappa shape index (κ1) is 19.8. The number of halogens is 2. The minimum atomic E-state index is 0.107. The maximum Gasteiger partial charge on any atom is 0.226 e. The minimum absolute atomic E-state index is 0.107. The highest BCUT2D eigenvalue weighted by molar-refractivity contribution is 6.36. The molecule has 2 aromatic rings. The quantitative estimate of drug-likeness (QED) is 0.747. The van der Waals surface area contributed by atoms with Gasteiger partial charge in [0.15, 0.2) is 0 Å². The van der Waals surface area contributed by atoms with Crippen molar-refractivity contribution in [2.75, 3.05) is 37.7 Å². The summed E-state index contributed by atoms with van der Waals surface area (Å²) < 4.78 is 5.85. The highest BCUT2D eigenvalue weighted by Crippen LogP contribution is 2.27. The van der Waals surface area contributed by atoms with Crippen molar-refractivity contribution in [2.45, 2.75) is 20.3 Å². The Kier molecular flexibility index (Phi) is 6.45. The van der Waals surface area contributed by atoms with Gasteiger partial charge in [0.2, 0.25) is 5.91 Å². The van der Waals surface area contributed by atoms with Gasteiger partial charge in [0.05, 0.1) is 23.1 Å². The van der Waals surface area contributed by atoms with Gasteiger partial charge in [-0.2, -0.15) is 0 Å². The number of aryl methyl sites for hydroxylation is 2. The fraction of sp³-hybridized carbons (Fsp3) is 0.400. The van der Waals surface area contributed by atoms with E-state index in [2.05, 4.69) is 9.88 Å². The summed E-state index contributed by atoms with van der Waals surface area (Å²) in [4.78, 5) is 20.7. The van der Waals surface area contributed by atoms with Crippen LogP contribution in [0.15, 0.2) is 30.5 Å². The molecular formula is C20H23Cl2N3O2. The van der Waals surface area contributed by atoms with Crippen LogP contribution in [0.5, 0.6) is 5.75 Å². The molecule has 1 aliphatic rings. The second-order valence-electron chi connectivity index (χ2n) is 6.65. The summed E-state index contributed by atoms with van der Waals surface area (Å²) >= 11 is 12.1. The first-order chi connectivity index (χ1) is 13.0. The second kappa shape index (κ2) is 8.81. The van der Waals surface area contributed by atoms with E-state index in [4.69, 9.17) is 27.9 Å². The molecule has 27 heavy (non-hydrogen) atoms. The smallest absolute Gasteiger partial charge is 0.226 e. The second-order valence-corrected chi connectivity index (χ2v) is 7.49. The zero-order valence-electron chi connectivity index (χ0n) is 15.5. The molecule has 1 aromatic carbocycles. The molecule has 0 radical (unpaired) electrons. The Morgan fingerprint density at radius 1 is 1.15 bits per heavy atom. The van der Waals surface area contributed by atoms with Crippen LogP contribution < -0.4 is 9.64 Å². The Morgan fingerprint density at radius 3 is 2.44 bits per heavy atom. The van der Waals surface area contributed by atoms with Gasteiger partial charge < -0.3 is 14.5 Å². The number of ether oxygens (including phenoxy) is 1. The van der Waals surface area contributed by atoms with Crippen molar-refractivity contribution in [3.05, 3.63) is 51.6 Å². The van der Waals surface area contributed by atoms with Gasteiger partial charge in [-0.05, 0) is 31.0 Å². The Bertz CT molecular complexity index is 801. The maximum absolute atomic E-state index is 12.5. The number of hydrogen-bond acceptors (Lipinski definition) is 4. The largest absolute Gasteiger partial charge is 0.493 e. The highest BCUT2D eigenvalue weighted by Gasteiger charge is 2.23. The van der Waals surface area contributed by atoms with Crippen molar-refractivity contribution in [2.24, 2.45) is 0 Å². The lowest BCUT2D eigenvalue weighted by Gasteiger charge is -2.35. The van der Waals surface area contributed by atoms with E-state index in [-0.39, 0.29) is 5.91 Å². The summed E-state index contributed by atoms with van der Waals surface area (Å²) in [5.74, 6) is 1.70. The average Bonchev–Trinajstić information content (AvgIpc) is 2.64. The van der Waals surface area contributed by atoms with Gasteiger partial charge in [0.1, 0.15) is 11.6 Å². The zero-order chi connectivity index (χ0) is 19.4. The van der Waals surface area contributed by atoms with E-state index in [1.807, 2.05) is 36.9 Å². The number of rotatable bonds is 5. The number of anilines is 1. The van der Waals surface area contributed by atoms with E-state index in [9.17, 15) is 4.79 Å². The Labute approximate surface area is 169 Å². The molecule has 0 bridgehead atoms. The number of amides is 1. The molecule has 5 nitrogen and oxygen atoms in total. The van der Waals surface area contributed by atoms with Gasteiger partial charge in [0.25, 0.3) is 0 Å². The fourth-order valence-electron chi connectivity index (χ4n) is 3.23. The third-order valence-corrected chi connectivity index (χ3v) is 5.18. The van der Waals surface area contributed by atoms with Crippen LogP contribution in [-0.2, 0) is 4.79 Å². The van der Waals surface area contributed by atoms with Crippen LogP contribution in [0, 0.1) is 13.8 Å². The molecule has 1 aromatic heterocycles. The van der Waals surface area contributed by atoms with E-state index < -0.39 is 0 Å². The number of carbonyl (C=O) groups is 1. The molecule has 0 atom stereocenters. The minimum Gasteiger partial charge on any atom is -0.493 e. The van der Waals surface area contributed by atoms with E-state index in [1.54, 1.807) is 12.3 Å². The lowest BCUT2D eigenvalue weighted by atomic mass is 10.1. The maximum atomic E-state index is 12.5. The van der Waals surface area contributed by atoms with Crippen LogP contribution >= 0.6 is 23.2 Å². The molecule has 0 N–H and O–H groups in total. The van der Waals surface area contributed by atoms with Crippen LogP contribution in [0.4, 0.5) is 5.82 Å². The number of carbonyl (C=O) groups excluding carboxylic acids is 1. The highest BCUT2D eigenvalue weighted by atomic mass is 35.5. The van der Waals surface area contributed by atoms with Gasteiger partial charge in [-0.15, -0.1) is 0 Å². The standard InChI is InChI=1S/C20H23Cl2N3O2/c1-14-4-3-5-15(2)19(14)27-11-6-18(26)24-7-9-25(10-8-24)20-17(22)12-16(21)13-23-20/h3-5,12-13H,6-11H2,1-2H3. The molecule has 0 aliphatic carbocycles. The van der Waals surface area contributed by atoms with Crippen LogP contribution in [0.1, 0.15) is 17.5 Å². The summed E-state index contributed by atoms with van der Waals surface area (Å²) in [6.45, 7) is 7.08. The average molecular weight is 408 g/mol. The Balaban J connectivity index is 1.48. The normalized spacial score (nSPS) is 14.4. The third kappa shape index (κ3) is 4.85. The van der Waals surface area contributed by atoms with Gasteiger partial charge in [0, 0.05) is 32.4 Å². The number of hydrogen-bond donors (Lipinski definition) is 0. The molecule has 2 heterocycles. The lowest BCUT2D eigenvalue weighted by molar-refractivity contribution is -0.132. The monoisotopic (exact) mass is 407 g/mol. The number of nitrogens with zero attached hydrogens (tertiary/aromatic N) is 3. The molecule has 3 rings (SSSR count). The van der Waals surface area contributed by atoms with Crippen molar-refractivity contribution in [3.63, 3.8) is 0 Å². The molecule has 0 saturated carbocycles. The summed E-state index contributed by atoms with van der Waals surface area (Å²) in [6.07, 6.45) is 1.96. The van der Waals surface area contributed by atoms with Gasteiger partial charge in [-0.25, -0.2) is 4.98 Å². The molecule has 0 unspecified atom stereocenters. The van der Waals surface area contributed by atoms with Crippen molar-refractivity contribution in [1.82, 2.24) is 9.88 Å². The number of aromatic nitrogens is 1. The van der Waals surface area contributed by atoms with Crippen LogP contribution in [0.25, 0.3) is 0 Å². The summed E-state index contributed by atoms with van der Waals surface area (Å²) in [7, 11) is 0. The van der Waals surface area contributed by atoms with Crippen molar-refractivity contribution in [3.8, 4) is 5.75 Å². The summed E-state index contributed by atoms with van der Waals surface area (Å²) in [5, 5.41) is 1.05. The molecule has 144 valence electrons. The fourth-order valence-corrected chi connectivity index (χ4v) is 3.73. The molecular weight excluding hydrogens is 385 g/mol. The Hall–Kier alpha value is -1.98. The topological polar surface area (TPSA) is 45.7 Å². The van der Waals surface area contributed by atoms with Gasteiger partial charge >= 0.3 is 0 Å². The van der Waals surface area contributed by atoms with Crippen molar-refractivity contribution < 1.29 is 9.53 Å². The molecule has 0 spiro atoms. The van der Waals surface area contributed by atoms with Crippen molar-refractivity contribution >= 4 is 34.9 Å². The first-order valence-electron chi connectivity index (χ1n) is 8.98. The lowest BCUT2D eigenvalue weighted by Crippen LogP contribution is -2.49. The predicted octanol–water partition coefficient (Wildman–Crippen LogP) is 4.12. The SMILES string of the molecule is Cc1cccc(C)c1OCCC(=O)N1CCN(c2ncc(Cl)cc2Cl)CC1. The summed E-state index contributed by atoms with van der Waals surface area (Å²) in [6, 6.07) is 7.72.